The lowest BCUT2D eigenvalue weighted by molar-refractivity contribution is -0.0352. The monoisotopic (exact) mass is 507 g/mol. The number of nitrogens with zero attached hydrogens (tertiary/aromatic N) is 3. The summed E-state index contributed by atoms with van der Waals surface area (Å²) in [4.78, 5) is 13.0. The highest BCUT2D eigenvalue weighted by Gasteiger charge is 2.38. The molecule has 0 atom stereocenters. The molecule has 27 heavy (non-hydrogen) atoms. The first-order valence-corrected chi connectivity index (χ1v) is 10.6. The van der Waals surface area contributed by atoms with Gasteiger partial charge in [-0.1, -0.05) is 19.3 Å². The van der Waals surface area contributed by atoms with Gasteiger partial charge in [0, 0.05) is 37.1 Å². The third kappa shape index (κ3) is 6.01. The molecule has 1 aromatic rings. The lowest BCUT2D eigenvalue weighted by atomic mass is 9.80. The Morgan fingerprint density at radius 2 is 1.89 bits per heavy atom. The maximum Gasteiger partial charge on any atom is 0.191 e. The Balaban J connectivity index is 0.00000261. The maximum absolute atomic E-state index is 5.58. The molecule has 1 aliphatic carbocycles. The van der Waals surface area contributed by atoms with Crippen LogP contribution < -0.4 is 10.6 Å². The van der Waals surface area contributed by atoms with Crippen LogP contribution >= 0.6 is 35.3 Å². The predicted octanol–water partition coefficient (Wildman–Crippen LogP) is 3.08. The normalized spacial score (nSPS) is 20.8. The van der Waals surface area contributed by atoms with E-state index in [9.17, 15) is 0 Å². The molecule has 6 nitrogen and oxygen atoms in total. The molecule has 0 amide bonds. The average Bonchev–Trinajstić information content (AvgIpc) is 3.01. The van der Waals surface area contributed by atoms with Crippen LogP contribution in [0.25, 0.3) is 0 Å². The Hall–Kier alpha value is -0.450. The molecule has 0 unspecified atom stereocenters. The Morgan fingerprint density at radius 1 is 1.19 bits per heavy atom. The number of nitrogens with one attached hydrogen (secondary N) is 2. The third-order valence-electron chi connectivity index (χ3n) is 5.75. The van der Waals surface area contributed by atoms with Crippen LogP contribution in [0, 0.1) is 13.8 Å². The molecule has 0 radical (unpaired) electrons. The zero-order valence-electron chi connectivity index (χ0n) is 16.8. The van der Waals surface area contributed by atoms with Crippen molar-refractivity contribution in [3.63, 3.8) is 0 Å². The van der Waals surface area contributed by atoms with E-state index in [1.54, 1.807) is 11.3 Å². The molecule has 1 aromatic heterocycles. The molecular weight excluding hydrogens is 473 g/mol. The first-order chi connectivity index (χ1) is 12.6. The summed E-state index contributed by atoms with van der Waals surface area (Å²) >= 11 is 1.76. The third-order valence-corrected chi connectivity index (χ3v) is 6.83. The summed E-state index contributed by atoms with van der Waals surface area (Å²) in [5, 5.41) is 8.15. The highest BCUT2D eigenvalue weighted by molar-refractivity contribution is 14.0. The Kier molecular flexibility index (Phi) is 9.24. The Labute approximate surface area is 184 Å². The largest absolute Gasteiger partial charge is 0.379 e. The minimum Gasteiger partial charge on any atom is -0.379 e. The van der Waals surface area contributed by atoms with E-state index in [1.807, 2.05) is 7.05 Å². The van der Waals surface area contributed by atoms with E-state index in [0.29, 0.717) is 0 Å². The molecule has 2 heterocycles. The van der Waals surface area contributed by atoms with Crippen LogP contribution in [-0.4, -0.2) is 61.3 Å². The van der Waals surface area contributed by atoms with Gasteiger partial charge in [0.2, 0.25) is 0 Å². The number of aliphatic imine (C=N–C) groups is 1. The minimum atomic E-state index is 0. The van der Waals surface area contributed by atoms with Crippen LogP contribution in [0.2, 0.25) is 0 Å². The number of aromatic nitrogens is 1. The van der Waals surface area contributed by atoms with Gasteiger partial charge in [-0.15, -0.1) is 35.3 Å². The molecule has 1 aliphatic heterocycles. The van der Waals surface area contributed by atoms with Gasteiger partial charge in [-0.05, 0) is 26.7 Å². The molecule has 154 valence electrons. The van der Waals surface area contributed by atoms with E-state index in [1.165, 1.54) is 37.0 Å². The maximum atomic E-state index is 5.58. The van der Waals surface area contributed by atoms with Crippen LogP contribution in [0.5, 0.6) is 0 Å². The van der Waals surface area contributed by atoms with E-state index < -0.39 is 0 Å². The lowest BCUT2D eigenvalue weighted by Crippen LogP contribution is -2.60. The quantitative estimate of drug-likeness (QED) is 0.365. The zero-order chi connectivity index (χ0) is 18.4. The van der Waals surface area contributed by atoms with Crippen molar-refractivity contribution in [3.8, 4) is 0 Å². The zero-order valence-corrected chi connectivity index (χ0v) is 20.0. The number of hydrogen-bond acceptors (Lipinski definition) is 5. The molecule has 0 bridgehead atoms. The molecule has 2 N–H and O–H groups in total. The van der Waals surface area contributed by atoms with Gasteiger partial charge < -0.3 is 15.4 Å². The second-order valence-electron chi connectivity index (χ2n) is 7.41. The molecule has 0 aromatic carbocycles. The van der Waals surface area contributed by atoms with Crippen molar-refractivity contribution < 1.29 is 4.74 Å². The SMILES string of the molecule is CN=C(NCc1nc(C)c(C)s1)NCC1(N2CCOCC2)CCCCC1.I. The number of morpholine rings is 1. The van der Waals surface area contributed by atoms with Crippen LogP contribution in [0.4, 0.5) is 0 Å². The number of ether oxygens (including phenoxy) is 1. The molecule has 1 saturated heterocycles. The lowest BCUT2D eigenvalue weighted by Gasteiger charge is -2.48. The van der Waals surface area contributed by atoms with Crippen molar-refractivity contribution in [2.24, 2.45) is 4.99 Å². The van der Waals surface area contributed by atoms with Crippen LogP contribution in [0.15, 0.2) is 4.99 Å². The number of hydrogen-bond donors (Lipinski definition) is 2. The second kappa shape index (κ2) is 10.9. The van der Waals surface area contributed by atoms with E-state index >= 15 is 0 Å². The Morgan fingerprint density at radius 3 is 2.48 bits per heavy atom. The number of guanidine groups is 1. The smallest absolute Gasteiger partial charge is 0.191 e. The summed E-state index contributed by atoms with van der Waals surface area (Å²) in [5.74, 6) is 0.869. The van der Waals surface area contributed by atoms with E-state index in [-0.39, 0.29) is 29.5 Å². The number of halogens is 1. The number of rotatable bonds is 5. The highest BCUT2D eigenvalue weighted by atomic mass is 127. The van der Waals surface area contributed by atoms with Crippen LogP contribution in [0.1, 0.15) is 47.7 Å². The first kappa shape index (κ1) is 22.8. The molecule has 8 heteroatoms. The van der Waals surface area contributed by atoms with Crippen molar-refractivity contribution in [1.29, 1.82) is 0 Å². The molecule has 2 fully saturated rings. The van der Waals surface area contributed by atoms with Gasteiger partial charge in [-0.2, -0.15) is 0 Å². The van der Waals surface area contributed by atoms with Gasteiger partial charge >= 0.3 is 0 Å². The fourth-order valence-electron chi connectivity index (χ4n) is 4.10. The summed E-state index contributed by atoms with van der Waals surface area (Å²) in [6, 6.07) is 0. The molecule has 1 saturated carbocycles. The van der Waals surface area contributed by atoms with Gasteiger partial charge in [0.15, 0.2) is 5.96 Å². The fourth-order valence-corrected chi connectivity index (χ4v) is 4.97. The standard InChI is InChI=1S/C19H33N5OS.HI/c1-15-16(2)26-17(23-15)13-21-18(20-3)22-14-19(7-5-4-6-8-19)24-9-11-25-12-10-24;/h4-14H2,1-3H3,(H2,20,21,22);1H. The van der Waals surface area contributed by atoms with Crippen molar-refractivity contribution in [2.75, 3.05) is 39.9 Å². The summed E-state index contributed by atoms with van der Waals surface area (Å²) in [6.07, 6.45) is 6.54. The minimum absolute atomic E-state index is 0. The van der Waals surface area contributed by atoms with Crippen molar-refractivity contribution in [3.05, 3.63) is 15.6 Å². The summed E-state index contributed by atoms with van der Waals surface area (Å²) in [5.41, 5.74) is 1.37. The predicted molar refractivity (Wildman–Crippen MR) is 123 cm³/mol. The van der Waals surface area contributed by atoms with E-state index in [2.05, 4.69) is 39.4 Å². The first-order valence-electron chi connectivity index (χ1n) is 9.83. The number of aryl methyl sites for hydroxylation is 2. The van der Waals surface area contributed by atoms with Crippen molar-refractivity contribution in [2.45, 2.75) is 58.0 Å². The summed E-state index contributed by atoms with van der Waals surface area (Å²) in [6.45, 7) is 9.67. The Bertz CT molecular complexity index is 590. The van der Waals surface area contributed by atoms with Gasteiger partial charge in [-0.3, -0.25) is 9.89 Å². The summed E-state index contributed by atoms with van der Waals surface area (Å²) in [7, 11) is 1.84. The highest BCUT2D eigenvalue weighted by Crippen LogP contribution is 2.33. The second-order valence-corrected chi connectivity index (χ2v) is 8.70. The van der Waals surface area contributed by atoms with Crippen LogP contribution in [0.3, 0.4) is 0 Å². The van der Waals surface area contributed by atoms with Crippen LogP contribution in [-0.2, 0) is 11.3 Å². The number of thiazole rings is 1. The van der Waals surface area contributed by atoms with Gasteiger partial charge in [-0.25, -0.2) is 4.98 Å². The topological polar surface area (TPSA) is 61.8 Å². The van der Waals surface area contributed by atoms with Gasteiger partial charge in [0.25, 0.3) is 0 Å². The summed E-state index contributed by atoms with van der Waals surface area (Å²) < 4.78 is 5.58. The van der Waals surface area contributed by atoms with E-state index in [0.717, 1.165) is 56.1 Å². The van der Waals surface area contributed by atoms with E-state index in [4.69, 9.17) is 4.74 Å². The average molecular weight is 507 g/mol. The van der Waals surface area contributed by atoms with Gasteiger partial charge in [0.05, 0.1) is 25.5 Å². The molecule has 0 spiro atoms. The molecular formula is C19H34IN5OS. The van der Waals surface area contributed by atoms with Crippen molar-refractivity contribution >= 4 is 41.3 Å². The molecule has 2 aliphatic rings. The van der Waals surface area contributed by atoms with Gasteiger partial charge in [0.1, 0.15) is 5.01 Å². The van der Waals surface area contributed by atoms with Crippen molar-refractivity contribution in [1.82, 2.24) is 20.5 Å². The molecule has 3 rings (SSSR count). The fraction of sp³-hybridized carbons (Fsp3) is 0.789.